The van der Waals surface area contributed by atoms with Gasteiger partial charge in [-0.25, -0.2) is 8.78 Å². The van der Waals surface area contributed by atoms with Crippen molar-refractivity contribution in [2.45, 2.75) is 13.0 Å². The Kier molecular flexibility index (Phi) is 7.73. The maximum Gasteiger partial charge on any atom is 0.309 e. The molecule has 0 radical (unpaired) electrons. The van der Waals surface area contributed by atoms with Crippen molar-refractivity contribution in [1.29, 1.82) is 0 Å². The second kappa shape index (κ2) is 10.7. The second-order valence-electron chi connectivity index (χ2n) is 7.20. The highest BCUT2D eigenvalue weighted by molar-refractivity contribution is 6.35. The summed E-state index contributed by atoms with van der Waals surface area (Å²) >= 11 is 0. The summed E-state index contributed by atoms with van der Waals surface area (Å²) in [6.07, 6.45) is 0.719. The first kappa shape index (κ1) is 21.7. The minimum atomic E-state index is -0.710. The van der Waals surface area contributed by atoms with Gasteiger partial charge in [0.2, 0.25) is 0 Å². The minimum absolute atomic E-state index is 0.165. The third-order valence-corrected chi connectivity index (χ3v) is 5.07. The zero-order valence-corrected chi connectivity index (χ0v) is 16.7. The third-order valence-electron chi connectivity index (χ3n) is 5.07. The Morgan fingerprint density at radius 3 is 2.23 bits per heavy atom. The van der Waals surface area contributed by atoms with E-state index in [9.17, 15) is 18.4 Å². The zero-order chi connectivity index (χ0) is 21.3. The van der Waals surface area contributed by atoms with Gasteiger partial charge < -0.3 is 15.5 Å². The summed E-state index contributed by atoms with van der Waals surface area (Å²) in [6.45, 7) is 4.50. The van der Waals surface area contributed by atoms with Crippen molar-refractivity contribution in [3.8, 4) is 0 Å². The number of carbonyl (C=O) groups excluding carboxylic acids is 2. The molecule has 0 atom stereocenters. The van der Waals surface area contributed by atoms with Gasteiger partial charge in [0.1, 0.15) is 11.6 Å². The van der Waals surface area contributed by atoms with Crippen LogP contribution in [0.25, 0.3) is 0 Å². The quantitative estimate of drug-likeness (QED) is 0.535. The first-order chi connectivity index (χ1) is 14.5. The highest BCUT2D eigenvalue weighted by atomic mass is 19.1. The molecule has 1 heterocycles. The molecule has 160 valence electrons. The van der Waals surface area contributed by atoms with Gasteiger partial charge in [-0.15, -0.1) is 0 Å². The monoisotopic (exact) mass is 416 g/mol. The number of para-hydroxylation sites is 1. The molecule has 1 fully saturated rings. The first-order valence-corrected chi connectivity index (χ1v) is 10.1. The number of piperazine rings is 1. The molecular formula is C22H26F2N4O2. The second-order valence-corrected chi connectivity index (χ2v) is 7.20. The molecule has 1 aliphatic rings. The van der Waals surface area contributed by atoms with E-state index in [1.807, 2.05) is 11.0 Å². The van der Waals surface area contributed by atoms with Gasteiger partial charge in [0, 0.05) is 39.3 Å². The molecule has 30 heavy (non-hydrogen) atoms. The van der Waals surface area contributed by atoms with Gasteiger partial charge in [0.05, 0.1) is 5.69 Å². The number of halogens is 2. The predicted molar refractivity (Wildman–Crippen MR) is 111 cm³/mol. The lowest BCUT2D eigenvalue weighted by Gasteiger charge is -2.36. The van der Waals surface area contributed by atoms with E-state index in [0.717, 1.165) is 39.1 Å². The van der Waals surface area contributed by atoms with E-state index in [1.165, 1.54) is 18.2 Å². The number of nitrogens with one attached hydrogen (secondary N) is 2. The van der Waals surface area contributed by atoms with Gasteiger partial charge in [-0.1, -0.05) is 24.3 Å². The molecule has 8 heteroatoms. The van der Waals surface area contributed by atoms with Crippen molar-refractivity contribution in [2.24, 2.45) is 0 Å². The van der Waals surface area contributed by atoms with Crippen LogP contribution in [-0.4, -0.2) is 56.0 Å². The summed E-state index contributed by atoms with van der Waals surface area (Å²) in [5, 5.41) is 5.13. The molecule has 2 aromatic rings. The van der Waals surface area contributed by atoms with Gasteiger partial charge in [0.25, 0.3) is 0 Å². The van der Waals surface area contributed by atoms with Crippen LogP contribution in [0.15, 0.2) is 48.5 Å². The Morgan fingerprint density at radius 2 is 1.53 bits per heavy atom. The average Bonchev–Trinajstić information content (AvgIpc) is 2.77. The van der Waals surface area contributed by atoms with E-state index >= 15 is 0 Å². The Balaban J connectivity index is 1.29. The van der Waals surface area contributed by atoms with Crippen LogP contribution in [-0.2, 0) is 16.1 Å². The number of benzene rings is 2. The predicted octanol–water partition coefficient (Wildman–Crippen LogP) is 1.91. The molecule has 0 aromatic heterocycles. The lowest BCUT2D eigenvalue weighted by Crippen LogP contribution is -2.47. The molecule has 2 amide bonds. The highest BCUT2D eigenvalue weighted by Crippen LogP contribution is 2.20. The van der Waals surface area contributed by atoms with E-state index in [1.54, 1.807) is 24.3 Å². The number of hydrogen-bond donors (Lipinski definition) is 2. The van der Waals surface area contributed by atoms with Gasteiger partial charge >= 0.3 is 11.8 Å². The maximum atomic E-state index is 13.9. The van der Waals surface area contributed by atoms with Crippen molar-refractivity contribution in [3.63, 3.8) is 0 Å². The highest BCUT2D eigenvalue weighted by Gasteiger charge is 2.19. The normalized spacial score (nSPS) is 14.4. The van der Waals surface area contributed by atoms with Crippen LogP contribution in [0.3, 0.4) is 0 Å². The Hall–Kier alpha value is -3.00. The minimum Gasteiger partial charge on any atom is -0.367 e. The van der Waals surface area contributed by atoms with Crippen LogP contribution in [0.4, 0.5) is 14.5 Å². The molecule has 0 unspecified atom stereocenters. The summed E-state index contributed by atoms with van der Waals surface area (Å²) < 4.78 is 26.7. The first-order valence-electron chi connectivity index (χ1n) is 10.1. The van der Waals surface area contributed by atoms with E-state index in [0.29, 0.717) is 17.8 Å². The standard InChI is InChI=1S/C22H26F2N4O2/c23-18-8-6-17(7-9-18)16-26-22(30)21(29)25-10-3-11-27-12-14-28(15-13-27)20-5-2-1-4-19(20)24/h1-2,4-9H,3,10-16H2,(H,25,29)(H,26,30). The fraction of sp³-hybridized carbons (Fsp3) is 0.364. The van der Waals surface area contributed by atoms with Crippen molar-refractivity contribution in [2.75, 3.05) is 44.2 Å². The Bertz CT molecular complexity index is 852. The maximum absolute atomic E-state index is 13.9. The molecule has 3 rings (SSSR count). The number of hydrogen-bond acceptors (Lipinski definition) is 4. The summed E-state index contributed by atoms with van der Waals surface area (Å²) in [5.74, 6) is -1.94. The molecule has 0 saturated carbocycles. The summed E-state index contributed by atoms with van der Waals surface area (Å²) in [6, 6.07) is 12.5. The van der Waals surface area contributed by atoms with Crippen LogP contribution >= 0.6 is 0 Å². The summed E-state index contributed by atoms with van der Waals surface area (Å²) in [5.41, 5.74) is 1.35. The van der Waals surface area contributed by atoms with Crippen LogP contribution in [0.1, 0.15) is 12.0 Å². The number of carbonyl (C=O) groups is 2. The average molecular weight is 416 g/mol. The largest absolute Gasteiger partial charge is 0.367 e. The molecule has 6 nitrogen and oxygen atoms in total. The smallest absolute Gasteiger partial charge is 0.309 e. The Labute approximate surface area is 174 Å². The number of rotatable bonds is 7. The summed E-state index contributed by atoms with van der Waals surface area (Å²) in [7, 11) is 0. The molecule has 0 aliphatic carbocycles. The van der Waals surface area contributed by atoms with Gasteiger partial charge in [-0.3, -0.25) is 14.5 Å². The molecule has 1 saturated heterocycles. The van der Waals surface area contributed by atoms with Crippen molar-refractivity contribution in [1.82, 2.24) is 15.5 Å². The number of anilines is 1. The Morgan fingerprint density at radius 1 is 0.867 bits per heavy atom. The molecular weight excluding hydrogens is 390 g/mol. The third kappa shape index (κ3) is 6.25. The van der Waals surface area contributed by atoms with Gasteiger partial charge in [-0.2, -0.15) is 0 Å². The van der Waals surface area contributed by atoms with E-state index in [-0.39, 0.29) is 18.2 Å². The molecule has 0 bridgehead atoms. The molecule has 1 aliphatic heterocycles. The van der Waals surface area contributed by atoms with Gasteiger partial charge in [-0.05, 0) is 42.8 Å². The van der Waals surface area contributed by atoms with E-state index < -0.39 is 11.8 Å². The van der Waals surface area contributed by atoms with Gasteiger partial charge in [0.15, 0.2) is 0 Å². The molecule has 0 spiro atoms. The van der Waals surface area contributed by atoms with E-state index in [4.69, 9.17) is 0 Å². The van der Waals surface area contributed by atoms with E-state index in [2.05, 4.69) is 15.5 Å². The number of amides is 2. The fourth-order valence-corrected chi connectivity index (χ4v) is 3.37. The van der Waals surface area contributed by atoms with Crippen LogP contribution < -0.4 is 15.5 Å². The van der Waals surface area contributed by atoms with Crippen LogP contribution in [0.5, 0.6) is 0 Å². The lowest BCUT2D eigenvalue weighted by molar-refractivity contribution is -0.139. The van der Waals surface area contributed by atoms with Crippen molar-refractivity contribution < 1.29 is 18.4 Å². The number of nitrogens with zero attached hydrogens (tertiary/aromatic N) is 2. The molecule has 2 N–H and O–H groups in total. The topological polar surface area (TPSA) is 64.7 Å². The van der Waals surface area contributed by atoms with Crippen molar-refractivity contribution in [3.05, 3.63) is 65.7 Å². The van der Waals surface area contributed by atoms with Crippen LogP contribution in [0, 0.1) is 11.6 Å². The van der Waals surface area contributed by atoms with Crippen LogP contribution in [0.2, 0.25) is 0 Å². The zero-order valence-electron chi connectivity index (χ0n) is 16.7. The lowest BCUT2D eigenvalue weighted by atomic mass is 10.2. The fourth-order valence-electron chi connectivity index (χ4n) is 3.37. The SMILES string of the molecule is O=C(NCCCN1CCN(c2ccccc2F)CC1)C(=O)NCc1ccc(F)cc1. The summed E-state index contributed by atoms with van der Waals surface area (Å²) in [4.78, 5) is 28.0. The van der Waals surface area contributed by atoms with Crippen molar-refractivity contribution >= 4 is 17.5 Å². The molecule has 2 aromatic carbocycles.